The highest BCUT2D eigenvalue weighted by Gasteiger charge is 2.21. The molecule has 0 bridgehead atoms. The number of aromatic nitrogens is 2. The predicted octanol–water partition coefficient (Wildman–Crippen LogP) is 1.72. The summed E-state index contributed by atoms with van der Waals surface area (Å²) < 4.78 is 5.27. The van der Waals surface area contributed by atoms with Crippen LogP contribution in [0, 0.1) is 0 Å². The van der Waals surface area contributed by atoms with Gasteiger partial charge in [-0.15, -0.1) is 0 Å². The van der Waals surface area contributed by atoms with Crippen LogP contribution in [-0.2, 0) is 0 Å². The maximum Gasteiger partial charge on any atom is 0.266 e. The van der Waals surface area contributed by atoms with Gasteiger partial charge in [0.15, 0.2) is 0 Å². The summed E-state index contributed by atoms with van der Waals surface area (Å²) >= 11 is 0. The van der Waals surface area contributed by atoms with Gasteiger partial charge in [-0.1, -0.05) is 30.3 Å². The third-order valence-corrected chi connectivity index (χ3v) is 3.24. The lowest BCUT2D eigenvalue weighted by Gasteiger charge is -2.10. The Hall–Kier alpha value is -1.88. The number of hydrogen-bond donors (Lipinski definition) is 1. The minimum absolute atomic E-state index is 0.352. The summed E-state index contributed by atoms with van der Waals surface area (Å²) in [6, 6.07) is 9.43. The maximum atomic E-state index is 6.11. The number of nitrogens with two attached hydrogens (primary N) is 1. The SMILES string of the molecule is N[C@@H](c1ccccc1)c1nc(N2CCCC2)no1. The van der Waals surface area contributed by atoms with Crippen LogP contribution in [0.1, 0.15) is 30.3 Å². The molecule has 1 aliphatic rings. The van der Waals surface area contributed by atoms with Crippen molar-refractivity contribution in [2.24, 2.45) is 5.73 Å². The van der Waals surface area contributed by atoms with E-state index in [1.807, 2.05) is 30.3 Å². The van der Waals surface area contributed by atoms with Crippen LogP contribution in [0.25, 0.3) is 0 Å². The molecule has 0 aliphatic carbocycles. The first kappa shape index (κ1) is 11.2. The normalized spacial score (nSPS) is 17.1. The van der Waals surface area contributed by atoms with Gasteiger partial charge in [0.1, 0.15) is 6.04 Å². The van der Waals surface area contributed by atoms with Gasteiger partial charge in [-0.25, -0.2) is 0 Å². The van der Waals surface area contributed by atoms with Gasteiger partial charge in [0.25, 0.3) is 5.95 Å². The summed E-state index contributed by atoms with van der Waals surface area (Å²) in [5.74, 6) is 1.14. The molecule has 0 saturated carbocycles. The molecule has 1 atom stereocenters. The third kappa shape index (κ3) is 2.09. The van der Waals surface area contributed by atoms with E-state index in [0.717, 1.165) is 18.7 Å². The molecule has 0 spiro atoms. The number of hydrogen-bond acceptors (Lipinski definition) is 5. The maximum absolute atomic E-state index is 6.11. The molecule has 0 amide bonds. The van der Waals surface area contributed by atoms with Gasteiger partial charge in [0, 0.05) is 13.1 Å². The molecule has 1 aromatic carbocycles. The predicted molar refractivity (Wildman–Crippen MR) is 68.2 cm³/mol. The fourth-order valence-electron chi connectivity index (χ4n) is 2.20. The Morgan fingerprint density at radius 1 is 1.17 bits per heavy atom. The van der Waals surface area contributed by atoms with Crippen LogP contribution < -0.4 is 10.6 Å². The molecule has 1 aromatic heterocycles. The second-order valence-corrected chi connectivity index (χ2v) is 4.52. The number of anilines is 1. The van der Waals surface area contributed by atoms with E-state index in [4.69, 9.17) is 10.3 Å². The lowest BCUT2D eigenvalue weighted by Crippen LogP contribution is -2.19. The molecule has 5 nitrogen and oxygen atoms in total. The highest BCUT2D eigenvalue weighted by Crippen LogP contribution is 2.21. The highest BCUT2D eigenvalue weighted by atomic mass is 16.5. The lowest BCUT2D eigenvalue weighted by molar-refractivity contribution is 0.366. The van der Waals surface area contributed by atoms with Crippen molar-refractivity contribution in [1.29, 1.82) is 0 Å². The van der Waals surface area contributed by atoms with Crippen LogP contribution in [0.5, 0.6) is 0 Å². The van der Waals surface area contributed by atoms with E-state index < -0.39 is 0 Å². The smallest absolute Gasteiger partial charge is 0.266 e. The first-order valence-corrected chi connectivity index (χ1v) is 6.23. The van der Waals surface area contributed by atoms with Crippen molar-refractivity contribution in [3.63, 3.8) is 0 Å². The van der Waals surface area contributed by atoms with Gasteiger partial charge in [-0.05, 0) is 23.6 Å². The summed E-state index contributed by atoms with van der Waals surface area (Å²) in [4.78, 5) is 6.52. The number of rotatable bonds is 3. The molecule has 2 heterocycles. The average molecular weight is 244 g/mol. The fraction of sp³-hybridized carbons (Fsp3) is 0.385. The van der Waals surface area contributed by atoms with Crippen LogP contribution in [0.3, 0.4) is 0 Å². The fourth-order valence-corrected chi connectivity index (χ4v) is 2.20. The second-order valence-electron chi connectivity index (χ2n) is 4.52. The van der Waals surface area contributed by atoms with Crippen molar-refractivity contribution in [2.75, 3.05) is 18.0 Å². The van der Waals surface area contributed by atoms with Crippen LogP contribution >= 0.6 is 0 Å². The van der Waals surface area contributed by atoms with Crippen LogP contribution in [0.15, 0.2) is 34.9 Å². The Morgan fingerprint density at radius 2 is 1.89 bits per heavy atom. The minimum Gasteiger partial charge on any atom is -0.338 e. The third-order valence-electron chi connectivity index (χ3n) is 3.24. The van der Waals surface area contributed by atoms with Crippen LogP contribution in [0.4, 0.5) is 5.95 Å². The van der Waals surface area contributed by atoms with Gasteiger partial charge >= 0.3 is 0 Å². The van der Waals surface area contributed by atoms with Crippen LogP contribution in [-0.4, -0.2) is 23.2 Å². The van der Waals surface area contributed by atoms with E-state index in [1.165, 1.54) is 12.8 Å². The zero-order valence-corrected chi connectivity index (χ0v) is 10.1. The standard InChI is InChI=1S/C13H16N4O/c14-11(10-6-2-1-3-7-10)12-15-13(16-18-12)17-8-4-5-9-17/h1-3,6-7,11H,4-5,8-9,14H2/t11-/m0/s1. The summed E-state index contributed by atoms with van der Waals surface area (Å²) in [6.07, 6.45) is 2.38. The Kier molecular flexibility index (Phi) is 2.98. The van der Waals surface area contributed by atoms with Crippen molar-refractivity contribution < 1.29 is 4.52 Å². The summed E-state index contributed by atoms with van der Waals surface area (Å²) in [6.45, 7) is 2.00. The van der Waals surface area contributed by atoms with Gasteiger partial charge in [0.05, 0.1) is 0 Å². The molecular formula is C13H16N4O. The molecule has 2 N–H and O–H groups in total. The monoisotopic (exact) mass is 244 g/mol. The Bertz CT molecular complexity index is 505. The molecule has 18 heavy (non-hydrogen) atoms. The lowest BCUT2D eigenvalue weighted by atomic mass is 10.1. The second kappa shape index (κ2) is 4.78. The van der Waals surface area contributed by atoms with Gasteiger partial charge in [-0.3, -0.25) is 0 Å². The highest BCUT2D eigenvalue weighted by molar-refractivity contribution is 5.31. The summed E-state index contributed by atoms with van der Waals surface area (Å²) in [7, 11) is 0. The average Bonchev–Trinajstić information content (AvgIpc) is 3.09. The van der Waals surface area contributed by atoms with Gasteiger partial charge < -0.3 is 15.2 Å². The zero-order chi connectivity index (χ0) is 12.4. The van der Waals surface area contributed by atoms with E-state index in [1.54, 1.807) is 0 Å². The first-order chi connectivity index (χ1) is 8.84. The molecule has 1 fully saturated rings. The van der Waals surface area contributed by atoms with E-state index in [2.05, 4.69) is 15.0 Å². The van der Waals surface area contributed by atoms with E-state index in [0.29, 0.717) is 11.8 Å². The molecule has 1 saturated heterocycles. The molecular weight excluding hydrogens is 228 g/mol. The van der Waals surface area contributed by atoms with E-state index in [9.17, 15) is 0 Å². The largest absolute Gasteiger partial charge is 0.338 e. The quantitative estimate of drug-likeness (QED) is 0.890. The Balaban J connectivity index is 1.80. The molecule has 0 radical (unpaired) electrons. The van der Waals surface area contributed by atoms with E-state index in [-0.39, 0.29) is 6.04 Å². The molecule has 0 unspecified atom stereocenters. The molecule has 1 aliphatic heterocycles. The molecule has 5 heteroatoms. The molecule has 94 valence electrons. The van der Waals surface area contributed by atoms with Crippen molar-refractivity contribution in [1.82, 2.24) is 10.1 Å². The summed E-state index contributed by atoms with van der Waals surface area (Å²) in [5.41, 5.74) is 7.09. The van der Waals surface area contributed by atoms with Crippen molar-refractivity contribution in [2.45, 2.75) is 18.9 Å². The van der Waals surface area contributed by atoms with Gasteiger partial charge in [-0.2, -0.15) is 4.98 Å². The van der Waals surface area contributed by atoms with Crippen molar-refractivity contribution in [3.05, 3.63) is 41.8 Å². The van der Waals surface area contributed by atoms with Crippen molar-refractivity contribution in [3.8, 4) is 0 Å². The number of benzene rings is 1. The Morgan fingerprint density at radius 3 is 2.61 bits per heavy atom. The topological polar surface area (TPSA) is 68.2 Å². The Labute approximate surface area is 106 Å². The van der Waals surface area contributed by atoms with Crippen LogP contribution in [0.2, 0.25) is 0 Å². The molecule has 3 rings (SSSR count). The molecule has 2 aromatic rings. The first-order valence-electron chi connectivity index (χ1n) is 6.23. The van der Waals surface area contributed by atoms with Crippen molar-refractivity contribution >= 4 is 5.95 Å². The van der Waals surface area contributed by atoms with E-state index >= 15 is 0 Å². The summed E-state index contributed by atoms with van der Waals surface area (Å²) in [5, 5.41) is 4.00. The minimum atomic E-state index is -0.352. The van der Waals surface area contributed by atoms with Gasteiger partial charge in [0.2, 0.25) is 5.89 Å². The zero-order valence-electron chi connectivity index (χ0n) is 10.1. The number of nitrogens with zero attached hydrogens (tertiary/aromatic N) is 3.